The van der Waals surface area contributed by atoms with E-state index in [0.29, 0.717) is 23.5 Å². The summed E-state index contributed by atoms with van der Waals surface area (Å²) in [6.07, 6.45) is 2.73. The highest BCUT2D eigenvalue weighted by atomic mass is 16.2. The number of anilines is 3. The summed E-state index contributed by atoms with van der Waals surface area (Å²) in [4.78, 5) is 26.4. The lowest BCUT2D eigenvalue weighted by molar-refractivity contribution is -0.115. The van der Waals surface area contributed by atoms with Crippen LogP contribution < -0.4 is 16.0 Å². The number of primary amides is 1. The lowest BCUT2D eigenvalue weighted by Crippen LogP contribution is -2.33. The summed E-state index contributed by atoms with van der Waals surface area (Å²) < 4.78 is 0. The Morgan fingerprint density at radius 2 is 1.77 bits per heavy atom. The number of hydrogen-bond donors (Lipinski definition) is 2. The van der Waals surface area contributed by atoms with Crippen molar-refractivity contribution in [1.82, 2.24) is 10.2 Å². The van der Waals surface area contributed by atoms with Crippen molar-refractivity contribution < 1.29 is 9.59 Å². The maximum atomic E-state index is 12.5. The van der Waals surface area contributed by atoms with Gasteiger partial charge in [-0.3, -0.25) is 9.59 Å². The van der Waals surface area contributed by atoms with E-state index in [2.05, 4.69) is 27.3 Å². The first kappa shape index (κ1) is 21.3. The van der Waals surface area contributed by atoms with Crippen LogP contribution in [-0.4, -0.2) is 28.1 Å². The molecule has 1 saturated carbocycles. The van der Waals surface area contributed by atoms with Gasteiger partial charge < -0.3 is 16.0 Å². The first-order chi connectivity index (χ1) is 17.0. The lowest BCUT2D eigenvalue weighted by atomic mass is 9.99. The lowest BCUT2D eigenvalue weighted by Gasteiger charge is -2.33. The van der Waals surface area contributed by atoms with Crippen molar-refractivity contribution in [3.05, 3.63) is 78.0 Å². The fraction of sp³-hybridized carbons (Fsp3) is 0.214. The Kier molecular flexibility index (Phi) is 4.99. The molecule has 7 nitrogen and oxygen atoms in total. The van der Waals surface area contributed by atoms with Crippen LogP contribution in [0.2, 0.25) is 0 Å². The zero-order valence-corrected chi connectivity index (χ0v) is 19.4. The van der Waals surface area contributed by atoms with Gasteiger partial charge in [-0.25, -0.2) is 0 Å². The molecule has 1 aliphatic heterocycles. The van der Waals surface area contributed by atoms with Crippen LogP contribution in [-0.2, 0) is 11.2 Å². The van der Waals surface area contributed by atoms with E-state index in [4.69, 9.17) is 5.73 Å². The number of carbonyl (C=O) groups excluding carboxylic acids is 2. The van der Waals surface area contributed by atoms with Gasteiger partial charge in [0.1, 0.15) is 0 Å². The summed E-state index contributed by atoms with van der Waals surface area (Å²) in [5, 5.41) is 12.4. The Bertz CT molecular complexity index is 1480. The Morgan fingerprint density at radius 1 is 1.03 bits per heavy atom. The summed E-state index contributed by atoms with van der Waals surface area (Å²) in [5.41, 5.74) is 12.1. The molecule has 1 atom stereocenters. The molecule has 3 aromatic carbocycles. The third kappa shape index (κ3) is 3.79. The fourth-order valence-corrected chi connectivity index (χ4v) is 5.02. The van der Waals surface area contributed by atoms with E-state index in [1.807, 2.05) is 66.7 Å². The molecule has 0 radical (unpaired) electrons. The maximum Gasteiger partial charge on any atom is 0.271 e. The third-order valence-corrected chi connectivity index (χ3v) is 7.02. The van der Waals surface area contributed by atoms with Gasteiger partial charge in [-0.1, -0.05) is 36.4 Å². The first-order valence-corrected chi connectivity index (χ1v) is 11.9. The standard InChI is InChI=1S/C28H25N5O2/c1-16(17-7-8-17)33(21-5-3-2-4-6-21)27-22-12-11-19(14-24(22)31-32-26(27)28(29)35)18-9-10-20-15-25(34)30-23(20)13-18/h2-6,9-14,16-17H,7-8,15H2,1H3,(H2,29,35)(H,30,34). The maximum absolute atomic E-state index is 12.5. The molecule has 1 aromatic heterocycles. The number of carbonyl (C=O) groups is 2. The molecule has 1 fully saturated rings. The number of nitrogens with one attached hydrogen (secondary N) is 1. The second-order valence-corrected chi connectivity index (χ2v) is 9.37. The highest BCUT2D eigenvalue weighted by molar-refractivity contribution is 6.07. The molecule has 0 saturated heterocycles. The molecule has 7 heteroatoms. The van der Waals surface area contributed by atoms with Crippen LogP contribution in [0.3, 0.4) is 0 Å². The number of hydrogen-bond acceptors (Lipinski definition) is 5. The molecule has 6 rings (SSSR count). The van der Waals surface area contributed by atoms with Gasteiger partial charge in [0, 0.05) is 22.8 Å². The van der Waals surface area contributed by atoms with Gasteiger partial charge in [0.05, 0.1) is 17.6 Å². The normalized spacial score (nSPS) is 15.5. The molecule has 2 aliphatic rings. The average molecular weight is 464 g/mol. The van der Waals surface area contributed by atoms with Crippen molar-refractivity contribution >= 4 is 39.8 Å². The van der Waals surface area contributed by atoms with Crippen LogP contribution in [0.5, 0.6) is 0 Å². The number of fused-ring (bicyclic) bond motifs is 2. The largest absolute Gasteiger partial charge is 0.364 e. The van der Waals surface area contributed by atoms with Crippen molar-refractivity contribution in [1.29, 1.82) is 0 Å². The molecular weight excluding hydrogens is 438 g/mol. The average Bonchev–Trinajstić information content (AvgIpc) is 3.65. The summed E-state index contributed by atoms with van der Waals surface area (Å²) in [5.74, 6) is -0.0484. The Morgan fingerprint density at radius 3 is 2.51 bits per heavy atom. The van der Waals surface area contributed by atoms with Crippen LogP contribution >= 0.6 is 0 Å². The first-order valence-electron chi connectivity index (χ1n) is 11.9. The Hall–Kier alpha value is -4.26. The number of amides is 2. The second kappa shape index (κ2) is 8.20. The van der Waals surface area contributed by atoms with Crippen molar-refractivity contribution in [2.45, 2.75) is 32.2 Å². The van der Waals surface area contributed by atoms with Gasteiger partial charge in [-0.15, -0.1) is 10.2 Å². The van der Waals surface area contributed by atoms with E-state index in [0.717, 1.165) is 46.3 Å². The highest BCUT2D eigenvalue weighted by Crippen LogP contribution is 2.43. The molecule has 3 N–H and O–H groups in total. The number of para-hydroxylation sites is 1. The highest BCUT2D eigenvalue weighted by Gasteiger charge is 2.35. The van der Waals surface area contributed by atoms with Crippen molar-refractivity contribution in [2.24, 2.45) is 11.7 Å². The van der Waals surface area contributed by atoms with Gasteiger partial charge in [0.2, 0.25) is 5.91 Å². The molecule has 0 bridgehead atoms. The molecule has 174 valence electrons. The van der Waals surface area contributed by atoms with Crippen LogP contribution in [0, 0.1) is 5.92 Å². The molecule has 1 aliphatic carbocycles. The molecular formula is C28H25N5O2. The van der Waals surface area contributed by atoms with E-state index in [9.17, 15) is 9.59 Å². The second-order valence-electron chi connectivity index (χ2n) is 9.37. The monoisotopic (exact) mass is 463 g/mol. The SMILES string of the molecule is CC(C1CC1)N(c1ccccc1)c1c(C(N)=O)nnc2cc(-c3ccc4c(c3)NC(=O)C4)ccc12. The number of aromatic nitrogens is 2. The van der Waals surface area contributed by atoms with Crippen molar-refractivity contribution in [3.63, 3.8) is 0 Å². The number of nitrogens with two attached hydrogens (primary N) is 1. The minimum atomic E-state index is -0.600. The van der Waals surface area contributed by atoms with Crippen molar-refractivity contribution in [2.75, 3.05) is 10.2 Å². The molecule has 2 amide bonds. The van der Waals surface area contributed by atoms with Gasteiger partial charge in [-0.2, -0.15) is 0 Å². The predicted octanol–water partition coefficient (Wildman–Crippen LogP) is 4.83. The van der Waals surface area contributed by atoms with Crippen LogP contribution in [0.25, 0.3) is 22.0 Å². The summed E-state index contributed by atoms with van der Waals surface area (Å²) in [7, 11) is 0. The van der Waals surface area contributed by atoms with E-state index in [1.165, 1.54) is 0 Å². The number of rotatable bonds is 6. The van der Waals surface area contributed by atoms with E-state index in [-0.39, 0.29) is 17.6 Å². The number of benzene rings is 3. The number of nitrogens with zero attached hydrogens (tertiary/aromatic N) is 3. The van der Waals surface area contributed by atoms with E-state index < -0.39 is 5.91 Å². The van der Waals surface area contributed by atoms with E-state index in [1.54, 1.807) is 0 Å². The molecule has 4 aromatic rings. The van der Waals surface area contributed by atoms with Crippen LogP contribution in [0.15, 0.2) is 66.7 Å². The Balaban J connectivity index is 1.52. The molecule has 1 unspecified atom stereocenters. The Labute approximate surface area is 203 Å². The summed E-state index contributed by atoms with van der Waals surface area (Å²) in [6, 6.07) is 22.2. The van der Waals surface area contributed by atoms with E-state index >= 15 is 0 Å². The van der Waals surface area contributed by atoms with Crippen molar-refractivity contribution in [3.8, 4) is 11.1 Å². The molecule has 2 heterocycles. The quantitative estimate of drug-likeness (QED) is 0.427. The predicted molar refractivity (Wildman–Crippen MR) is 137 cm³/mol. The van der Waals surface area contributed by atoms with Crippen LogP contribution in [0.4, 0.5) is 17.1 Å². The van der Waals surface area contributed by atoms with Gasteiger partial charge >= 0.3 is 0 Å². The smallest absolute Gasteiger partial charge is 0.271 e. The van der Waals surface area contributed by atoms with Crippen LogP contribution in [0.1, 0.15) is 35.8 Å². The van der Waals surface area contributed by atoms with Gasteiger partial charge in [0.25, 0.3) is 5.91 Å². The van der Waals surface area contributed by atoms with Gasteiger partial charge in [0.15, 0.2) is 5.69 Å². The summed E-state index contributed by atoms with van der Waals surface area (Å²) >= 11 is 0. The fourth-order valence-electron chi connectivity index (χ4n) is 5.02. The zero-order valence-electron chi connectivity index (χ0n) is 19.4. The minimum absolute atomic E-state index is 0.0101. The molecule has 0 spiro atoms. The molecule has 35 heavy (non-hydrogen) atoms. The zero-order chi connectivity index (χ0) is 24.1. The summed E-state index contributed by atoms with van der Waals surface area (Å²) in [6.45, 7) is 2.19. The third-order valence-electron chi connectivity index (χ3n) is 7.02. The van der Waals surface area contributed by atoms with Gasteiger partial charge in [-0.05, 0) is 72.7 Å². The minimum Gasteiger partial charge on any atom is -0.364 e. The topological polar surface area (TPSA) is 101 Å².